The number of carbonyl (C=O) groups is 1. The summed E-state index contributed by atoms with van der Waals surface area (Å²) in [6.45, 7) is 3.90. The van der Waals surface area contributed by atoms with Gasteiger partial charge in [0.2, 0.25) is 17.7 Å². The summed E-state index contributed by atoms with van der Waals surface area (Å²) in [5, 5.41) is 11.1. The Bertz CT molecular complexity index is 810. The first-order valence-electron chi connectivity index (χ1n) is 7.97. The molecular formula is C19H19N3O2. The fraction of sp³-hybridized carbons (Fsp3) is 0.211. The molecule has 3 rings (SSSR count). The van der Waals surface area contributed by atoms with Crippen LogP contribution in [0.4, 0.5) is 5.69 Å². The Morgan fingerprint density at radius 2 is 1.58 bits per heavy atom. The number of hydrogen-bond acceptors (Lipinski definition) is 4. The molecular weight excluding hydrogens is 302 g/mol. The van der Waals surface area contributed by atoms with Crippen molar-refractivity contribution in [3.05, 3.63) is 54.6 Å². The van der Waals surface area contributed by atoms with Crippen molar-refractivity contribution in [2.24, 2.45) is 5.92 Å². The fourth-order valence-corrected chi connectivity index (χ4v) is 2.18. The number of aromatic nitrogens is 2. The van der Waals surface area contributed by atoms with Crippen LogP contribution in [0, 0.1) is 5.92 Å². The SMILES string of the molecule is CC[C@@H](C)C(=O)Nc1ccc(-c2nnc(-c3ccccc3)o2)cc1. The Morgan fingerprint density at radius 1 is 1.00 bits per heavy atom. The average molecular weight is 321 g/mol. The first-order valence-corrected chi connectivity index (χ1v) is 7.97. The second-order valence-corrected chi connectivity index (χ2v) is 5.65. The van der Waals surface area contributed by atoms with Crippen LogP contribution in [-0.4, -0.2) is 16.1 Å². The molecule has 1 atom stereocenters. The number of carbonyl (C=O) groups excluding carboxylic acids is 1. The van der Waals surface area contributed by atoms with E-state index in [1.807, 2.05) is 68.4 Å². The van der Waals surface area contributed by atoms with E-state index in [4.69, 9.17) is 4.42 Å². The van der Waals surface area contributed by atoms with Gasteiger partial charge < -0.3 is 9.73 Å². The topological polar surface area (TPSA) is 68.0 Å². The third-order valence-corrected chi connectivity index (χ3v) is 3.91. The predicted molar refractivity (Wildman–Crippen MR) is 93.3 cm³/mol. The van der Waals surface area contributed by atoms with Gasteiger partial charge in [-0.05, 0) is 42.8 Å². The minimum absolute atomic E-state index is 0.00551. The molecule has 3 aromatic rings. The first kappa shape index (κ1) is 15.9. The number of nitrogens with zero attached hydrogens (tertiary/aromatic N) is 2. The summed E-state index contributed by atoms with van der Waals surface area (Å²) in [5.41, 5.74) is 2.45. The van der Waals surface area contributed by atoms with Crippen LogP contribution in [0.25, 0.3) is 22.9 Å². The van der Waals surface area contributed by atoms with Crippen LogP contribution >= 0.6 is 0 Å². The van der Waals surface area contributed by atoms with Crippen molar-refractivity contribution >= 4 is 11.6 Å². The maximum atomic E-state index is 11.9. The molecule has 122 valence electrons. The lowest BCUT2D eigenvalue weighted by atomic mass is 10.1. The van der Waals surface area contributed by atoms with E-state index in [0.717, 1.165) is 23.2 Å². The van der Waals surface area contributed by atoms with Crippen LogP contribution in [-0.2, 0) is 4.79 Å². The molecule has 1 amide bonds. The minimum atomic E-state index is -0.00551. The molecule has 5 nitrogen and oxygen atoms in total. The van der Waals surface area contributed by atoms with Crippen molar-refractivity contribution < 1.29 is 9.21 Å². The molecule has 0 saturated heterocycles. The number of anilines is 1. The molecule has 0 spiro atoms. The molecule has 0 bridgehead atoms. The Morgan fingerprint density at radius 3 is 2.17 bits per heavy atom. The van der Waals surface area contributed by atoms with Crippen molar-refractivity contribution in [2.75, 3.05) is 5.32 Å². The van der Waals surface area contributed by atoms with Crippen LogP contribution in [0.1, 0.15) is 20.3 Å². The lowest BCUT2D eigenvalue weighted by Gasteiger charge is -2.09. The van der Waals surface area contributed by atoms with Gasteiger partial charge in [0, 0.05) is 22.7 Å². The molecule has 0 saturated carbocycles. The van der Waals surface area contributed by atoms with Crippen molar-refractivity contribution in [1.82, 2.24) is 10.2 Å². The third-order valence-electron chi connectivity index (χ3n) is 3.91. The molecule has 2 aromatic carbocycles. The Hall–Kier alpha value is -2.95. The largest absolute Gasteiger partial charge is 0.416 e. The summed E-state index contributed by atoms with van der Waals surface area (Å²) >= 11 is 0. The number of nitrogens with one attached hydrogen (secondary N) is 1. The molecule has 0 aliphatic rings. The van der Waals surface area contributed by atoms with Crippen LogP contribution in [0.5, 0.6) is 0 Å². The molecule has 1 N–H and O–H groups in total. The Balaban J connectivity index is 1.75. The highest BCUT2D eigenvalue weighted by Gasteiger charge is 2.12. The van der Waals surface area contributed by atoms with Gasteiger partial charge in [-0.1, -0.05) is 32.0 Å². The van der Waals surface area contributed by atoms with Gasteiger partial charge in [0.1, 0.15) is 0 Å². The summed E-state index contributed by atoms with van der Waals surface area (Å²) in [6.07, 6.45) is 0.814. The van der Waals surface area contributed by atoms with Crippen molar-refractivity contribution in [2.45, 2.75) is 20.3 Å². The zero-order valence-electron chi connectivity index (χ0n) is 13.7. The number of rotatable bonds is 5. The molecule has 0 unspecified atom stereocenters. The maximum Gasteiger partial charge on any atom is 0.248 e. The molecule has 1 heterocycles. The Labute approximate surface area is 140 Å². The third kappa shape index (κ3) is 3.51. The van der Waals surface area contributed by atoms with E-state index in [0.29, 0.717) is 11.8 Å². The maximum absolute atomic E-state index is 11.9. The summed E-state index contributed by atoms with van der Waals surface area (Å²) in [5.74, 6) is 0.955. The Kier molecular flexibility index (Phi) is 4.70. The normalized spacial score (nSPS) is 11.9. The van der Waals surface area contributed by atoms with Crippen LogP contribution in [0.2, 0.25) is 0 Å². The highest BCUT2D eigenvalue weighted by Crippen LogP contribution is 2.24. The first-order chi connectivity index (χ1) is 11.7. The lowest BCUT2D eigenvalue weighted by molar-refractivity contribution is -0.119. The van der Waals surface area contributed by atoms with Crippen LogP contribution < -0.4 is 5.32 Å². The van der Waals surface area contributed by atoms with Gasteiger partial charge in [-0.25, -0.2) is 0 Å². The van der Waals surface area contributed by atoms with Gasteiger partial charge in [0.05, 0.1) is 0 Å². The number of hydrogen-bond donors (Lipinski definition) is 1. The van der Waals surface area contributed by atoms with Crippen LogP contribution in [0.15, 0.2) is 59.0 Å². The molecule has 1 aromatic heterocycles. The summed E-state index contributed by atoms with van der Waals surface area (Å²) in [7, 11) is 0. The van der Waals surface area contributed by atoms with E-state index in [2.05, 4.69) is 15.5 Å². The molecule has 0 aliphatic carbocycles. The highest BCUT2D eigenvalue weighted by atomic mass is 16.4. The summed E-state index contributed by atoms with van der Waals surface area (Å²) < 4.78 is 5.72. The quantitative estimate of drug-likeness (QED) is 0.757. The monoisotopic (exact) mass is 321 g/mol. The molecule has 24 heavy (non-hydrogen) atoms. The summed E-state index contributed by atoms with van der Waals surface area (Å²) in [6, 6.07) is 17.0. The van der Waals surface area contributed by atoms with E-state index < -0.39 is 0 Å². The van der Waals surface area contributed by atoms with E-state index in [1.54, 1.807) is 0 Å². The summed E-state index contributed by atoms with van der Waals surface area (Å²) in [4.78, 5) is 11.9. The fourth-order valence-electron chi connectivity index (χ4n) is 2.18. The van der Waals surface area contributed by atoms with Gasteiger partial charge >= 0.3 is 0 Å². The van der Waals surface area contributed by atoms with E-state index in [9.17, 15) is 4.79 Å². The average Bonchev–Trinajstić information content (AvgIpc) is 3.12. The lowest BCUT2D eigenvalue weighted by Crippen LogP contribution is -2.19. The van der Waals surface area contributed by atoms with E-state index >= 15 is 0 Å². The second-order valence-electron chi connectivity index (χ2n) is 5.65. The van der Waals surface area contributed by atoms with E-state index in [1.165, 1.54) is 0 Å². The molecule has 0 aliphatic heterocycles. The number of amides is 1. The second kappa shape index (κ2) is 7.08. The van der Waals surface area contributed by atoms with Gasteiger partial charge in [-0.2, -0.15) is 0 Å². The van der Waals surface area contributed by atoms with Gasteiger partial charge in [-0.3, -0.25) is 4.79 Å². The van der Waals surface area contributed by atoms with Gasteiger partial charge in [-0.15, -0.1) is 10.2 Å². The predicted octanol–water partition coefficient (Wildman–Crippen LogP) is 4.39. The van der Waals surface area contributed by atoms with E-state index in [-0.39, 0.29) is 11.8 Å². The standard InChI is InChI=1S/C19H19N3O2/c1-3-13(2)17(23)20-16-11-9-15(10-12-16)19-22-21-18(24-19)14-7-5-4-6-8-14/h4-13H,3H2,1-2H3,(H,20,23)/t13-/m1/s1. The highest BCUT2D eigenvalue weighted by molar-refractivity contribution is 5.92. The molecule has 0 radical (unpaired) electrons. The zero-order chi connectivity index (χ0) is 16.9. The zero-order valence-corrected chi connectivity index (χ0v) is 13.7. The van der Waals surface area contributed by atoms with Gasteiger partial charge in [0.15, 0.2) is 0 Å². The van der Waals surface area contributed by atoms with Crippen molar-refractivity contribution in [3.63, 3.8) is 0 Å². The number of benzene rings is 2. The minimum Gasteiger partial charge on any atom is -0.416 e. The van der Waals surface area contributed by atoms with Gasteiger partial charge in [0.25, 0.3) is 0 Å². The smallest absolute Gasteiger partial charge is 0.248 e. The molecule has 5 heteroatoms. The van der Waals surface area contributed by atoms with Crippen molar-refractivity contribution in [1.29, 1.82) is 0 Å². The molecule has 0 fully saturated rings. The van der Waals surface area contributed by atoms with Crippen molar-refractivity contribution in [3.8, 4) is 22.9 Å². The van der Waals surface area contributed by atoms with Crippen LogP contribution in [0.3, 0.4) is 0 Å².